The Hall–Kier alpha value is -0.630. The highest BCUT2D eigenvalue weighted by Crippen LogP contribution is 2.21. The van der Waals surface area contributed by atoms with Crippen molar-refractivity contribution < 1.29 is 8.42 Å². The highest BCUT2D eigenvalue weighted by atomic mass is 35.5. The van der Waals surface area contributed by atoms with Gasteiger partial charge in [0.15, 0.2) is 5.03 Å². The molecule has 1 fully saturated rings. The van der Waals surface area contributed by atoms with E-state index in [1.165, 1.54) is 16.8 Å². The molecule has 16 heavy (non-hydrogen) atoms. The number of aromatic amines is 1. The third-order valence-electron chi connectivity index (χ3n) is 2.73. The van der Waals surface area contributed by atoms with Gasteiger partial charge in [0.25, 0.3) is 10.0 Å². The van der Waals surface area contributed by atoms with E-state index in [2.05, 4.69) is 9.97 Å². The second kappa shape index (κ2) is 4.70. The molecule has 0 saturated carbocycles. The maximum atomic E-state index is 12.0. The molecule has 1 aromatic rings. The standard InChI is InChI=1S/C8H14N4O2S.ClH/c1-6-3-12(4-7(6)9)15(13,14)8-2-10-5-11-8;/h2,5-7H,3-4,9H2,1H3,(H,10,11);1H. The number of H-pyrrole nitrogens is 1. The summed E-state index contributed by atoms with van der Waals surface area (Å²) >= 11 is 0. The molecular weight excluding hydrogens is 252 g/mol. The summed E-state index contributed by atoms with van der Waals surface area (Å²) < 4.78 is 25.4. The maximum absolute atomic E-state index is 12.0. The Morgan fingerprint density at radius 1 is 1.56 bits per heavy atom. The summed E-state index contributed by atoms with van der Waals surface area (Å²) in [6.07, 6.45) is 2.66. The molecule has 2 rings (SSSR count). The van der Waals surface area contributed by atoms with Crippen LogP contribution in [0.25, 0.3) is 0 Å². The highest BCUT2D eigenvalue weighted by molar-refractivity contribution is 7.89. The average molecular weight is 267 g/mol. The lowest BCUT2D eigenvalue weighted by Gasteiger charge is -2.13. The van der Waals surface area contributed by atoms with Crippen LogP contribution in [0.2, 0.25) is 0 Å². The van der Waals surface area contributed by atoms with Gasteiger partial charge in [0.1, 0.15) is 0 Å². The van der Waals surface area contributed by atoms with Gasteiger partial charge >= 0.3 is 0 Å². The normalized spacial score (nSPS) is 26.6. The Bertz CT molecular complexity index is 423. The van der Waals surface area contributed by atoms with Crippen LogP contribution in [0, 0.1) is 5.92 Å². The number of hydrogen-bond acceptors (Lipinski definition) is 4. The van der Waals surface area contributed by atoms with Gasteiger partial charge in [-0.3, -0.25) is 0 Å². The fraction of sp³-hybridized carbons (Fsp3) is 0.625. The number of sulfonamides is 1. The minimum absolute atomic E-state index is 0. The number of hydrogen-bond donors (Lipinski definition) is 2. The number of nitrogens with one attached hydrogen (secondary N) is 1. The Labute approximate surface area is 101 Å². The smallest absolute Gasteiger partial charge is 0.260 e. The van der Waals surface area contributed by atoms with Crippen molar-refractivity contribution in [2.45, 2.75) is 18.0 Å². The van der Waals surface area contributed by atoms with E-state index >= 15 is 0 Å². The molecule has 0 aromatic carbocycles. The van der Waals surface area contributed by atoms with Crippen LogP contribution in [0.15, 0.2) is 17.6 Å². The van der Waals surface area contributed by atoms with E-state index in [0.29, 0.717) is 13.1 Å². The molecular formula is C8H15ClN4O2S. The van der Waals surface area contributed by atoms with Crippen molar-refractivity contribution in [2.24, 2.45) is 11.7 Å². The average Bonchev–Trinajstić information content (AvgIpc) is 2.77. The predicted molar refractivity (Wildman–Crippen MR) is 61.7 cm³/mol. The number of aromatic nitrogens is 2. The van der Waals surface area contributed by atoms with Crippen molar-refractivity contribution in [3.63, 3.8) is 0 Å². The van der Waals surface area contributed by atoms with Gasteiger partial charge in [0.2, 0.25) is 0 Å². The number of nitrogens with two attached hydrogens (primary N) is 1. The molecule has 1 aliphatic rings. The van der Waals surface area contributed by atoms with Crippen molar-refractivity contribution in [3.05, 3.63) is 12.5 Å². The van der Waals surface area contributed by atoms with E-state index in [1.54, 1.807) is 0 Å². The molecule has 2 unspecified atom stereocenters. The van der Waals surface area contributed by atoms with Gasteiger partial charge in [0.05, 0.1) is 12.5 Å². The molecule has 1 saturated heterocycles. The zero-order chi connectivity index (χ0) is 11.1. The van der Waals surface area contributed by atoms with Gasteiger partial charge in [-0.25, -0.2) is 13.4 Å². The lowest BCUT2D eigenvalue weighted by molar-refractivity contribution is 0.462. The minimum atomic E-state index is -3.43. The van der Waals surface area contributed by atoms with E-state index in [1.807, 2.05) is 6.92 Å². The van der Waals surface area contributed by atoms with Crippen LogP contribution in [0.4, 0.5) is 0 Å². The molecule has 0 spiro atoms. The van der Waals surface area contributed by atoms with Gasteiger partial charge in [-0.15, -0.1) is 12.4 Å². The fourth-order valence-corrected chi connectivity index (χ4v) is 3.14. The summed E-state index contributed by atoms with van der Waals surface area (Å²) in [5, 5.41) is 0.129. The van der Waals surface area contributed by atoms with Crippen molar-refractivity contribution in [3.8, 4) is 0 Å². The minimum Gasteiger partial charge on any atom is -0.335 e. The van der Waals surface area contributed by atoms with Crippen LogP contribution in [0.3, 0.4) is 0 Å². The lowest BCUT2D eigenvalue weighted by Crippen LogP contribution is -2.32. The number of nitrogens with zero attached hydrogens (tertiary/aromatic N) is 2. The summed E-state index contributed by atoms with van der Waals surface area (Å²) in [4.78, 5) is 6.31. The molecule has 0 amide bonds. The van der Waals surface area contributed by atoms with E-state index in [4.69, 9.17) is 5.73 Å². The Balaban J connectivity index is 0.00000128. The monoisotopic (exact) mass is 266 g/mol. The Morgan fingerprint density at radius 2 is 2.25 bits per heavy atom. The number of rotatable bonds is 2. The molecule has 1 aliphatic heterocycles. The molecule has 3 N–H and O–H groups in total. The predicted octanol–water partition coefficient (Wildman–Crippen LogP) is -0.201. The molecule has 0 bridgehead atoms. The van der Waals surface area contributed by atoms with Crippen LogP contribution < -0.4 is 5.73 Å². The first-order chi connectivity index (χ1) is 7.01. The molecule has 2 atom stereocenters. The summed E-state index contributed by atoms with van der Waals surface area (Å²) in [7, 11) is -3.43. The van der Waals surface area contributed by atoms with Crippen LogP contribution in [-0.2, 0) is 10.0 Å². The topological polar surface area (TPSA) is 92.1 Å². The first-order valence-corrected chi connectivity index (χ1v) is 6.20. The van der Waals surface area contributed by atoms with Gasteiger partial charge in [-0.1, -0.05) is 6.92 Å². The first-order valence-electron chi connectivity index (χ1n) is 4.76. The van der Waals surface area contributed by atoms with Crippen molar-refractivity contribution >= 4 is 22.4 Å². The summed E-state index contributed by atoms with van der Waals surface area (Å²) in [5.74, 6) is 0.197. The largest absolute Gasteiger partial charge is 0.335 e. The lowest BCUT2D eigenvalue weighted by atomic mass is 10.1. The summed E-state index contributed by atoms with van der Waals surface area (Å²) in [5.41, 5.74) is 5.79. The Morgan fingerprint density at radius 3 is 2.69 bits per heavy atom. The number of imidazole rings is 1. The molecule has 2 heterocycles. The van der Waals surface area contributed by atoms with Gasteiger partial charge in [-0.2, -0.15) is 4.31 Å². The third-order valence-corrected chi connectivity index (χ3v) is 4.48. The second-order valence-electron chi connectivity index (χ2n) is 3.88. The van der Waals surface area contributed by atoms with Crippen LogP contribution in [0.5, 0.6) is 0 Å². The van der Waals surface area contributed by atoms with Crippen LogP contribution in [-0.4, -0.2) is 41.8 Å². The van der Waals surface area contributed by atoms with E-state index < -0.39 is 10.0 Å². The zero-order valence-electron chi connectivity index (χ0n) is 8.83. The van der Waals surface area contributed by atoms with Crippen molar-refractivity contribution in [1.29, 1.82) is 0 Å². The third kappa shape index (κ3) is 2.22. The fourth-order valence-electron chi connectivity index (χ4n) is 1.67. The molecule has 92 valence electrons. The van der Waals surface area contributed by atoms with Gasteiger partial charge < -0.3 is 10.7 Å². The van der Waals surface area contributed by atoms with Crippen LogP contribution >= 0.6 is 12.4 Å². The molecule has 6 nitrogen and oxygen atoms in total. The van der Waals surface area contributed by atoms with Crippen molar-refractivity contribution in [2.75, 3.05) is 13.1 Å². The van der Waals surface area contributed by atoms with E-state index in [9.17, 15) is 8.42 Å². The molecule has 1 aromatic heterocycles. The van der Waals surface area contributed by atoms with E-state index in [-0.39, 0.29) is 29.4 Å². The van der Waals surface area contributed by atoms with Crippen LogP contribution in [0.1, 0.15) is 6.92 Å². The van der Waals surface area contributed by atoms with Crippen molar-refractivity contribution in [1.82, 2.24) is 14.3 Å². The summed E-state index contributed by atoms with van der Waals surface area (Å²) in [6, 6.07) is -0.0808. The molecule has 8 heteroatoms. The van der Waals surface area contributed by atoms with Gasteiger partial charge in [-0.05, 0) is 5.92 Å². The SMILES string of the molecule is CC1CN(S(=O)(=O)c2cnc[nH]2)CC1N.Cl. The van der Waals surface area contributed by atoms with E-state index in [0.717, 1.165) is 0 Å². The second-order valence-corrected chi connectivity index (χ2v) is 5.79. The first kappa shape index (κ1) is 13.4. The van der Waals surface area contributed by atoms with Gasteiger partial charge in [0, 0.05) is 19.1 Å². The summed E-state index contributed by atoms with van der Waals surface area (Å²) in [6.45, 7) is 2.80. The Kier molecular flexibility index (Phi) is 3.95. The quantitative estimate of drug-likeness (QED) is 0.775. The maximum Gasteiger partial charge on any atom is 0.260 e. The molecule has 0 radical (unpaired) electrons. The molecule has 0 aliphatic carbocycles. The number of halogens is 1. The zero-order valence-corrected chi connectivity index (χ0v) is 10.5. The highest BCUT2D eigenvalue weighted by Gasteiger charge is 2.35.